The quantitative estimate of drug-likeness (QED) is 0.373. The first-order valence-electron chi connectivity index (χ1n) is 12.6. The molecule has 4 aromatic rings. The maximum Gasteiger partial charge on any atom is 0.333 e. The van der Waals surface area contributed by atoms with Crippen LogP contribution in [0.15, 0.2) is 52.1 Å². The average molecular weight is 535 g/mol. The van der Waals surface area contributed by atoms with Gasteiger partial charge in [0.25, 0.3) is 5.56 Å². The molecular weight excluding hydrogens is 504 g/mol. The van der Waals surface area contributed by atoms with E-state index in [9.17, 15) is 14.4 Å². The lowest BCUT2D eigenvalue weighted by atomic mass is 10.2. The second kappa shape index (κ2) is 10.8. The Hall–Kier alpha value is -3.96. The number of nitrogen functional groups attached to an aromatic ring is 1. The molecule has 0 unspecified atom stereocenters. The van der Waals surface area contributed by atoms with E-state index >= 15 is 0 Å². The Morgan fingerprint density at radius 2 is 1.84 bits per heavy atom. The van der Waals surface area contributed by atoms with Crippen molar-refractivity contribution in [2.45, 2.75) is 33.4 Å². The highest BCUT2D eigenvalue weighted by Crippen LogP contribution is 2.31. The van der Waals surface area contributed by atoms with Crippen LogP contribution in [0.5, 0.6) is 0 Å². The monoisotopic (exact) mass is 534 g/mol. The van der Waals surface area contributed by atoms with E-state index in [0.29, 0.717) is 45.0 Å². The molecule has 11 heteroatoms. The molecule has 0 spiro atoms. The molecule has 0 aliphatic carbocycles. The number of rotatable bonds is 7. The molecule has 1 aliphatic rings. The van der Waals surface area contributed by atoms with Crippen LogP contribution in [0.1, 0.15) is 18.9 Å². The van der Waals surface area contributed by atoms with Gasteiger partial charge in [-0.1, -0.05) is 13.0 Å². The third-order valence-electron chi connectivity index (χ3n) is 6.48. The molecule has 198 valence electrons. The van der Waals surface area contributed by atoms with Gasteiger partial charge in [0.2, 0.25) is 5.91 Å². The number of hydrogen-bond donors (Lipinski definition) is 2. The first kappa shape index (κ1) is 25.7. The van der Waals surface area contributed by atoms with E-state index in [1.165, 1.54) is 10.1 Å². The number of thiazole rings is 1. The number of fused-ring (bicyclic) bond motifs is 1. The van der Waals surface area contributed by atoms with Crippen molar-refractivity contribution in [3.8, 4) is 10.6 Å². The van der Waals surface area contributed by atoms with Crippen molar-refractivity contribution in [2.75, 3.05) is 42.3 Å². The molecule has 5 rings (SSSR count). The van der Waals surface area contributed by atoms with Gasteiger partial charge in [0, 0.05) is 30.9 Å². The average Bonchev–Trinajstić information content (AvgIpc) is 3.33. The number of nitrogens with zero attached hydrogens (tertiary/aromatic N) is 4. The third kappa shape index (κ3) is 5.07. The van der Waals surface area contributed by atoms with Crippen molar-refractivity contribution in [1.82, 2.24) is 14.1 Å². The largest absolute Gasteiger partial charge is 0.383 e. The van der Waals surface area contributed by atoms with Crippen LogP contribution in [0, 0.1) is 6.92 Å². The van der Waals surface area contributed by atoms with Crippen molar-refractivity contribution in [2.24, 2.45) is 0 Å². The van der Waals surface area contributed by atoms with Crippen LogP contribution in [-0.4, -0.2) is 46.3 Å². The molecule has 3 N–H and O–H groups in total. The lowest BCUT2D eigenvalue weighted by Crippen LogP contribution is -2.48. The van der Waals surface area contributed by atoms with Crippen LogP contribution < -0.4 is 27.2 Å². The van der Waals surface area contributed by atoms with Gasteiger partial charge in [0.15, 0.2) is 0 Å². The molecule has 0 radical (unpaired) electrons. The summed E-state index contributed by atoms with van der Waals surface area (Å²) in [5.41, 5.74) is 8.99. The summed E-state index contributed by atoms with van der Waals surface area (Å²) >= 11 is 1.61. The van der Waals surface area contributed by atoms with Gasteiger partial charge < -0.3 is 20.7 Å². The molecule has 38 heavy (non-hydrogen) atoms. The summed E-state index contributed by atoms with van der Waals surface area (Å²) in [6.45, 7) is 5.78. The molecule has 0 atom stereocenters. The lowest BCUT2D eigenvalue weighted by Gasteiger charge is -2.30. The van der Waals surface area contributed by atoms with E-state index in [4.69, 9.17) is 15.5 Å². The smallest absolute Gasteiger partial charge is 0.333 e. The van der Waals surface area contributed by atoms with Gasteiger partial charge in [-0.05, 0) is 55.3 Å². The predicted octanol–water partition coefficient (Wildman–Crippen LogP) is 3.06. The Morgan fingerprint density at radius 3 is 2.55 bits per heavy atom. The molecule has 10 nitrogen and oxygen atoms in total. The van der Waals surface area contributed by atoms with E-state index in [1.54, 1.807) is 23.5 Å². The van der Waals surface area contributed by atoms with Gasteiger partial charge in [-0.15, -0.1) is 11.3 Å². The van der Waals surface area contributed by atoms with Crippen molar-refractivity contribution < 1.29 is 9.53 Å². The maximum atomic E-state index is 13.4. The number of nitrogens with one attached hydrogen (secondary N) is 1. The van der Waals surface area contributed by atoms with E-state index in [-0.39, 0.29) is 11.5 Å². The molecule has 1 saturated heterocycles. The van der Waals surface area contributed by atoms with Gasteiger partial charge >= 0.3 is 5.69 Å². The Kier molecular flexibility index (Phi) is 7.30. The number of amides is 1. The Labute approximate surface area is 223 Å². The molecule has 1 fully saturated rings. The van der Waals surface area contributed by atoms with Crippen LogP contribution in [0.25, 0.3) is 20.8 Å². The summed E-state index contributed by atoms with van der Waals surface area (Å²) in [7, 11) is 0. The first-order valence-corrected chi connectivity index (χ1v) is 13.4. The highest BCUT2D eigenvalue weighted by atomic mass is 32.1. The van der Waals surface area contributed by atoms with Gasteiger partial charge in [-0.3, -0.25) is 14.2 Å². The highest BCUT2D eigenvalue weighted by Gasteiger charge is 2.24. The normalized spacial score (nSPS) is 13.7. The van der Waals surface area contributed by atoms with Gasteiger partial charge in [-0.25, -0.2) is 14.3 Å². The molecule has 3 heterocycles. The van der Waals surface area contributed by atoms with E-state index in [1.807, 2.05) is 36.1 Å². The molecule has 0 bridgehead atoms. The Morgan fingerprint density at radius 1 is 1.11 bits per heavy atom. The number of anilines is 3. The standard InChI is InChI=1S/C27H30N6O4S/c1-3-10-32-24(28)23(31-11-13-37-14-12-31)26(35)33(27(32)36)16-22(34)29-19-7-5-18(6-8-19)25-30-20-9-4-17(2)15-21(20)38-25/h4-9,15H,3,10-14,16,28H2,1-2H3,(H,29,34). The summed E-state index contributed by atoms with van der Waals surface area (Å²) in [5, 5.41) is 3.69. The fourth-order valence-electron chi connectivity index (χ4n) is 4.56. The summed E-state index contributed by atoms with van der Waals surface area (Å²) in [6, 6.07) is 13.5. The minimum atomic E-state index is -0.595. The number of carbonyl (C=O) groups is 1. The molecular formula is C27H30N6O4S. The van der Waals surface area contributed by atoms with E-state index in [2.05, 4.69) is 18.3 Å². The number of morpholine rings is 1. The maximum absolute atomic E-state index is 13.4. The van der Waals surface area contributed by atoms with Crippen molar-refractivity contribution >= 4 is 44.7 Å². The first-order chi connectivity index (χ1) is 18.4. The number of benzene rings is 2. The number of carbonyl (C=O) groups excluding carboxylic acids is 1. The van der Waals surface area contributed by atoms with E-state index < -0.39 is 23.7 Å². The van der Waals surface area contributed by atoms with Crippen molar-refractivity contribution in [1.29, 1.82) is 0 Å². The summed E-state index contributed by atoms with van der Waals surface area (Å²) in [4.78, 5) is 46.0. The summed E-state index contributed by atoms with van der Waals surface area (Å²) in [6.07, 6.45) is 0.650. The Bertz CT molecular complexity index is 1600. The second-order valence-electron chi connectivity index (χ2n) is 9.27. The van der Waals surface area contributed by atoms with Crippen LogP contribution in [-0.2, 0) is 22.6 Å². The number of nitrogens with two attached hydrogens (primary N) is 1. The minimum absolute atomic E-state index is 0.126. The summed E-state index contributed by atoms with van der Waals surface area (Å²) < 4.78 is 8.85. The SMILES string of the molecule is CCCn1c(N)c(N2CCOCC2)c(=O)n(CC(=O)Nc2ccc(-c3nc4ccc(C)cc4s3)cc2)c1=O. The highest BCUT2D eigenvalue weighted by molar-refractivity contribution is 7.21. The molecule has 0 saturated carbocycles. The van der Waals surface area contributed by atoms with Gasteiger partial charge in [0.1, 0.15) is 23.1 Å². The van der Waals surface area contributed by atoms with E-state index in [0.717, 1.165) is 25.4 Å². The van der Waals surface area contributed by atoms with Crippen LogP contribution >= 0.6 is 11.3 Å². The fraction of sp³-hybridized carbons (Fsp3) is 0.333. The van der Waals surface area contributed by atoms with Crippen molar-refractivity contribution in [3.05, 3.63) is 68.9 Å². The minimum Gasteiger partial charge on any atom is -0.383 e. The zero-order valence-electron chi connectivity index (χ0n) is 21.4. The van der Waals surface area contributed by atoms with Gasteiger partial charge in [0.05, 0.1) is 23.4 Å². The zero-order chi connectivity index (χ0) is 26.8. The Balaban J connectivity index is 1.37. The van der Waals surface area contributed by atoms with Crippen LogP contribution in [0.3, 0.4) is 0 Å². The zero-order valence-corrected chi connectivity index (χ0v) is 22.2. The second-order valence-corrected chi connectivity index (χ2v) is 10.3. The number of hydrogen-bond acceptors (Lipinski definition) is 8. The van der Waals surface area contributed by atoms with Crippen LogP contribution in [0.4, 0.5) is 17.2 Å². The van der Waals surface area contributed by atoms with Crippen LogP contribution in [0.2, 0.25) is 0 Å². The van der Waals surface area contributed by atoms with Crippen molar-refractivity contribution in [3.63, 3.8) is 0 Å². The lowest BCUT2D eigenvalue weighted by molar-refractivity contribution is -0.116. The van der Waals surface area contributed by atoms with Gasteiger partial charge in [-0.2, -0.15) is 0 Å². The third-order valence-corrected chi connectivity index (χ3v) is 7.55. The number of aromatic nitrogens is 3. The molecule has 1 amide bonds. The topological polar surface area (TPSA) is 124 Å². The number of ether oxygens (including phenoxy) is 1. The molecule has 1 aliphatic heterocycles. The summed E-state index contributed by atoms with van der Waals surface area (Å²) in [5.74, 6) is -0.353. The fourth-order valence-corrected chi connectivity index (χ4v) is 5.63. The number of aryl methyl sites for hydroxylation is 1. The predicted molar refractivity (Wildman–Crippen MR) is 151 cm³/mol. The molecule has 2 aromatic carbocycles. The molecule has 2 aromatic heterocycles.